The second-order valence-electron chi connectivity index (χ2n) is 4.81. The molecule has 13 heavy (non-hydrogen) atoms. The van der Waals surface area contributed by atoms with Gasteiger partial charge < -0.3 is 0 Å². The Hall–Kier alpha value is -0.600. The SMILES string of the molecule is CC(C)CC(C)(C)C.CC[N+](=O)[O-]. The summed E-state index contributed by atoms with van der Waals surface area (Å²) >= 11 is 0. The Bertz CT molecular complexity index is 136. The van der Waals surface area contributed by atoms with E-state index in [1.807, 2.05) is 0 Å². The first kappa shape index (κ1) is 14.9. The third kappa shape index (κ3) is 24.6. The quantitative estimate of drug-likeness (QED) is 0.494. The fraction of sp³-hybridized carbons (Fsp3) is 1.00. The fourth-order valence-electron chi connectivity index (χ4n) is 1.22. The zero-order valence-electron chi connectivity index (χ0n) is 9.76. The van der Waals surface area contributed by atoms with Crippen LogP contribution in [0.25, 0.3) is 0 Å². The second-order valence-corrected chi connectivity index (χ2v) is 4.81. The summed E-state index contributed by atoms with van der Waals surface area (Å²) in [5, 5.41) is 9.17. The summed E-state index contributed by atoms with van der Waals surface area (Å²) in [6, 6.07) is 0. The Balaban J connectivity index is 0. The van der Waals surface area contributed by atoms with Crippen molar-refractivity contribution < 1.29 is 4.92 Å². The average molecular weight is 189 g/mol. The maximum Gasteiger partial charge on any atom is 0.201 e. The number of hydrogen-bond donors (Lipinski definition) is 0. The summed E-state index contributed by atoms with van der Waals surface area (Å²) in [7, 11) is 0. The van der Waals surface area contributed by atoms with E-state index < -0.39 is 0 Å². The monoisotopic (exact) mass is 189 g/mol. The molecule has 0 rings (SSSR count). The molecule has 0 amide bonds. The van der Waals surface area contributed by atoms with Crippen molar-refractivity contribution in [2.24, 2.45) is 11.3 Å². The van der Waals surface area contributed by atoms with E-state index in [0.29, 0.717) is 5.41 Å². The highest BCUT2D eigenvalue weighted by Gasteiger charge is 2.11. The maximum atomic E-state index is 9.17. The molecule has 0 aromatic heterocycles. The van der Waals surface area contributed by atoms with Crippen LogP contribution in [0.15, 0.2) is 0 Å². The molecule has 0 aromatic carbocycles. The van der Waals surface area contributed by atoms with Crippen molar-refractivity contribution in [3.63, 3.8) is 0 Å². The first-order valence-corrected chi connectivity index (χ1v) is 4.80. The Morgan fingerprint density at radius 3 is 1.62 bits per heavy atom. The van der Waals surface area contributed by atoms with Gasteiger partial charge in [-0.1, -0.05) is 34.6 Å². The van der Waals surface area contributed by atoms with E-state index in [0.717, 1.165) is 5.92 Å². The van der Waals surface area contributed by atoms with E-state index in [4.69, 9.17) is 0 Å². The lowest BCUT2D eigenvalue weighted by atomic mass is 9.86. The molecule has 0 radical (unpaired) electrons. The summed E-state index contributed by atoms with van der Waals surface area (Å²) in [5.41, 5.74) is 0.522. The number of hydrogen-bond acceptors (Lipinski definition) is 2. The fourth-order valence-corrected chi connectivity index (χ4v) is 1.22. The maximum absolute atomic E-state index is 9.17. The molecule has 3 heteroatoms. The first-order valence-electron chi connectivity index (χ1n) is 4.80. The van der Waals surface area contributed by atoms with Crippen molar-refractivity contribution in [3.05, 3.63) is 10.1 Å². The number of rotatable bonds is 2. The van der Waals surface area contributed by atoms with E-state index in [1.54, 1.807) is 0 Å². The van der Waals surface area contributed by atoms with Gasteiger partial charge in [0.15, 0.2) is 0 Å². The zero-order valence-corrected chi connectivity index (χ0v) is 9.76. The summed E-state index contributed by atoms with van der Waals surface area (Å²) in [6.07, 6.45) is 1.33. The lowest BCUT2D eigenvalue weighted by Crippen LogP contribution is -2.08. The summed E-state index contributed by atoms with van der Waals surface area (Å²) in [5.74, 6) is 0.843. The highest BCUT2D eigenvalue weighted by atomic mass is 16.6. The predicted molar refractivity (Wildman–Crippen MR) is 56.4 cm³/mol. The van der Waals surface area contributed by atoms with Crippen LogP contribution in [0.3, 0.4) is 0 Å². The Kier molecular flexibility index (Phi) is 7.87. The van der Waals surface area contributed by atoms with Gasteiger partial charge >= 0.3 is 0 Å². The molecular formula is C10H23NO2. The molecule has 0 unspecified atom stereocenters. The molecule has 0 aromatic rings. The molecule has 0 aliphatic heterocycles. The minimum absolute atomic E-state index is 0.0278. The van der Waals surface area contributed by atoms with E-state index in [-0.39, 0.29) is 11.5 Å². The third-order valence-electron chi connectivity index (χ3n) is 1.28. The van der Waals surface area contributed by atoms with Crippen LogP contribution < -0.4 is 0 Å². The van der Waals surface area contributed by atoms with Gasteiger partial charge in [0.25, 0.3) is 0 Å². The van der Waals surface area contributed by atoms with Crippen molar-refractivity contribution in [3.8, 4) is 0 Å². The Morgan fingerprint density at radius 2 is 1.62 bits per heavy atom. The predicted octanol–water partition coefficient (Wildman–Crippen LogP) is 3.36. The molecule has 0 N–H and O–H groups in total. The van der Waals surface area contributed by atoms with Crippen molar-refractivity contribution in [2.45, 2.75) is 48.0 Å². The van der Waals surface area contributed by atoms with E-state index in [2.05, 4.69) is 34.6 Å². The van der Waals surface area contributed by atoms with Crippen molar-refractivity contribution in [1.29, 1.82) is 0 Å². The van der Waals surface area contributed by atoms with E-state index in [1.165, 1.54) is 13.3 Å². The first-order chi connectivity index (χ1) is 5.69. The van der Waals surface area contributed by atoms with Crippen LogP contribution in [-0.2, 0) is 0 Å². The summed E-state index contributed by atoms with van der Waals surface area (Å²) < 4.78 is 0. The summed E-state index contributed by atoms with van der Waals surface area (Å²) in [4.78, 5) is 8.80. The molecule has 0 heterocycles. The molecule has 0 aliphatic carbocycles. The van der Waals surface area contributed by atoms with Gasteiger partial charge in [-0.3, -0.25) is 10.1 Å². The Labute approximate surface area is 81.7 Å². The Morgan fingerprint density at radius 1 is 1.31 bits per heavy atom. The van der Waals surface area contributed by atoms with Gasteiger partial charge in [-0.2, -0.15) is 0 Å². The molecular weight excluding hydrogens is 166 g/mol. The molecule has 0 atom stereocenters. The van der Waals surface area contributed by atoms with Gasteiger partial charge in [0.1, 0.15) is 0 Å². The van der Waals surface area contributed by atoms with Gasteiger partial charge in [0, 0.05) is 11.8 Å². The van der Waals surface area contributed by atoms with E-state index in [9.17, 15) is 10.1 Å². The van der Waals surface area contributed by atoms with Crippen LogP contribution >= 0.6 is 0 Å². The molecule has 3 nitrogen and oxygen atoms in total. The average Bonchev–Trinajstić information content (AvgIpc) is 1.83. The highest BCUT2D eigenvalue weighted by Crippen LogP contribution is 2.23. The van der Waals surface area contributed by atoms with Gasteiger partial charge in [-0.25, -0.2) is 0 Å². The van der Waals surface area contributed by atoms with Gasteiger partial charge in [-0.05, 0) is 17.8 Å². The standard InChI is InChI=1S/C8H18.C2H5NO2/c1-7(2)6-8(3,4)5;1-2-3(4)5/h7H,6H2,1-5H3;2H2,1H3. The van der Waals surface area contributed by atoms with Crippen LogP contribution in [-0.4, -0.2) is 11.5 Å². The lowest BCUT2D eigenvalue weighted by Gasteiger charge is -2.19. The largest absolute Gasteiger partial charge is 0.265 e. The number of nitro groups is 1. The molecule has 0 saturated carbocycles. The molecule has 0 bridgehead atoms. The van der Waals surface area contributed by atoms with Crippen LogP contribution in [0.1, 0.15) is 48.0 Å². The van der Waals surface area contributed by atoms with E-state index >= 15 is 0 Å². The molecule has 0 aliphatic rings. The van der Waals surface area contributed by atoms with Crippen LogP contribution in [0.4, 0.5) is 0 Å². The second kappa shape index (κ2) is 6.87. The minimum Gasteiger partial charge on any atom is -0.265 e. The summed E-state index contributed by atoms with van der Waals surface area (Å²) in [6.45, 7) is 12.9. The molecule has 80 valence electrons. The van der Waals surface area contributed by atoms with Crippen LogP contribution in [0.2, 0.25) is 0 Å². The van der Waals surface area contributed by atoms with Crippen molar-refractivity contribution >= 4 is 0 Å². The van der Waals surface area contributed by atoms with Crippen LogP contribution in [0, 0.1) is 21.4 Å². The highest BCUT2D eigenvalue weighted by molar-refractivity contribution is 4.62. The topological polar surface area (TPSA) is 43.1 Å². The molecule has 0 fully saturated rings. The lowest BCUT2D eigenvalue weighted by molar-refractivity contribution is -0.475. The van der Waals surface area contributed by atoms with Crippen LogP contribution in [0.5, 0.6) is 0 Å². The zero-order chi connectivity index (χ0) is 11.1. The molecule has 0 spiro atoms. The van der Waals surface area contributed by atoms with Crippen molar-refractivity contribution in [1.82, 2.24) is 0 Å². The third-order valence-corrected chi connectivity index (χ3v) is 1.28. The van der Waals surface area contributed by atoms with Crippen molar-refractivity contribution in [2.75, 3.05) is 6.54 Å². The van der Waals surface area contributed by atoms with Gasteiger partial charge in [0.2, 0.25) is 6.54 Å². The smallest absolute Gasteiger partial charge is 0.201 e. The normalized spacial score (nSPS) is 10.7. The molecule has 0 saturated heterocycles. The minimum atomic E-state index is -0.375. The number of nitrogens with zero attached hydrogens (tertiary/aromatic N) is 1. The van der Waals surface area contributed by atoms with Gasteiger partial charge in [0.05, 0.1) is 0 Å². The van der Waals surface area contributed by atoms with Gasteiger partial charge in [-0.15, -0.1) is 0 Å².